The molecule has 0 saturated heterocycles. The Morgan fingerprint density at radius 3 is 2.78 bits per heavy atom. The lowest BCUT2D eigenvalue weighted by Crippen LogP contribution is -2.24. The summed E-state index contributed by atoms with van der Waals surface area (Å²) in [5.74, 6) is -0.310. The van der Waals surface area contributed by atoms with E-state index < -0.39 is 0 Å². The molecule has 3 aromatic rings. The maximum absolute atomic E-state index is 12.3. The van der Waals surface area contributed by atoms with Crippen molar-refractivity contribution in [3.05, 3.63) is 86.4 Å². The minimum atomic E-state index is -0.310. The summed E-state index contributed by atoms with van der Waals surface area (Å²) in [5.41, 5.74) is 5.11. The van der Waals surface area contributed by atoms with Crippen molar-refractivity contribution in [1.82, 2.24) is 9.99 Å². The molecule has 1 amide bonds. The second-order valence-electron chi connectivity index (χ2n) is 5.38. The van der Waals surface area contributed by atoms with E-state index in [2.05, 4.69) is 33.0 Å². The van der Waals surface area contributed by atoms with E-state index in [0.29, 0.717) is 21.9 Å². The summed E-state index contributed by atoms with van der Waals surface area (Å²) in [4.78, 5) is 12.9. The van der Waals surface area contributed by atoms with Crippen LogP contribution < -0.4 is 10.2 Å². The van der Waals surface area contributed by atoms with E-state index >= 15 is 0 Å². The summed E-state index contributed by atoms with van der Waals surface area (Å²) in [7, 11) is 0. The number of carbonyl (C=O) groups is 1. The highest BCUT2D eigenvalue weighted by molar-refractivity contribution is 9.10. The minimum absolute atomic E-state index is 0. The smallest absolute Gasteiger partial charge is 0.271 e. The molecule has 0 fully saturated rings. The zero-order valence-corrected chi connectivity index (χ0v) is 18.9. The molecular weight excluding hydrogens is 514 g/mol. The van der Waals surface area contributed by atoms with Gasteiger partial charge in [-0.1, -0.05) is 51.8 Å². The minimum Gasteiger partial charge on any atom is -0.311 e. The molecule has 0 bridgehead atoms. The molecule has 0 spiro atoms. The van der Waals surface area contributed by atoms with E-state index in [4.69, 9.17) is 11.6 Å². The Bertz CT molecular complexity index is 1030. The standard InChI is InChI=1S/C19H15BrClN3OS.BrH/c1-2-9-24-17(13-5-3-7-15(20)10-13)12-26-19(24)23-22-18(25)14-6-4-8-16(21)11-14;/h2-8,10-12H,1,9H2,(H,22,25);1H. The lowest BCUT2D eigenvalue weighted by atomic mass is 10.2. The summed E-state index contributed by atoms with van der Waals surface area (Å²) < 4.78 is 3.00. The third kappa shape index (κ3) is 5.42. The zero-order valence-electron chi connectivity index (χ0n) is 14.1. The number of hydrogen-bond acceptors (Lipinski definition) is 3. The molecule has 0 unspecified atom stereocenters. The summed E-state index contributed by atoms with van der Waals surface area (Å²) in [6.07, 6.45) is 1.80. The van der Waals surface area contributed by atoms with Gasteiger partial charge in [0.25, 0.3) is 5.91 Å². The number of amides is 1. The number of aromatic nitrogens is 1. The van der Waals surface area contributed by atoms with Crippen molar-refractivity contribution in [2.24, 2.45) is 5.10 Å². The van der Waals surface area contributed by atoms with E-state index in [9.17, 15) is 4.79 Å². The van der Waals surface area contributed by atoms with Gasteiger partial charge in [-0.3, -0.25) is 4.79 Å². The Kier molecular flexibility index (Phi) is 8.04. The van der Waals surface area contributed by atoms with Gasteiger partial charge in [0.1, 0.15) is 0 Å². The highest BCUT2D eigenvalue weighted by Gasteiger charge is 2.09. The summed E-state index contributed by atoms with van der Waals surface area (Å²) in [6.45, 7) is 4.39. The first-order valence-electron chi connectivity index (χ1n) is 7.73. The van der Waals surface area contributed by atoms with Crippen molar-refractivity contribution in [1.29, 1.82) is 0 Å². The SMILES string of the molecule is Br.C=CCn1c(-c2cccc(Br)c2)csc1=NNC(=O)c1cccc(Cl)c1. The van der Waals surface area contributed by atoms with Crippen LogP contribution in [0.4, 0.5) is 0 Å². The van der Waals surface area contributed by atoms with Gasteiger partial charge in [-0.2, -0.15) is 0 Å². The Labute approximate surface area is 185 Å². The summed E-state index contributed by atoms with van der Waals surface area (Å²) in [6, 6.07) is 14.8. The fourth-order valence-electron chi connectivity index (χ4n) is 2.40. The van der Waals surface area contributed by atoms with Gasteiger partial charge >= 0.3 is 0 Å². The first-order valence-corrected chi connectivity index (χ1v) is 9.78. The quantitative estimate of drug-likeness (QED) is 0.337. The van der Waals surface area contributed by atoms with E-state index in [1.807, 2.05) is 34.2 Å². The lowest BCUT2D eigenvalue weighted by Gasteiger charge is -2.07. The molecule has 27 heavy (non-hydrogen) atoms. The van der Waals surface area contributed by atoms with Gasteiger partial charge in [-0.15, -0.1) is 40.0 Å². The van der Waals surface area contributed by atoms with Gasteiger partial charge < -0.3 is 4.57 Å². The van der Waals surface area contributed by atoms with Crippen LogP contribution in [-0.4, -0.2) is 10.5 Å². The second kappa shape index (κ2) is 10.0. The Balaban J connectivity index is 0.00000261. The number of rotatable bonds is 5. The highest BCUT2D eigenvalue weighted by atomic mass is 79.9. The lowest BCUT2D eigenvalue weighted by molar-refractivity contribution is 0.0953. The van der Waals surface area contributed by atoms with Crippen LogP contribution in [0.15, 0.2) is 76.1 Å². The summed E-state index contributed by atoms with van der Waals surface area (Å²) in [5, 5.41) is 6.80. The fourth-order valence-corrected chi connectivity index (χ4v) is 3.86. The monoisotopic (exact) mass is 527 g/mol. The van der Waals surface area contributed by atoms with Crippen molar-refractivity contribution >= 4 is 61.8 Å². The second-order valence-corrected chi connectivity index (χ2v) is 7.56. The van der Waals surface area contributed by atoms with Gasteiger partial charge in [0, 0.05) is 32.5 Å². The van der Waals surface area contributed by atoms with Crippen LogP contribution in [0.2, 0.25) is 5.02 Å². The Morgan fingerprint density at radius 2 is 2.07 bits per heavy atom. The molecule has 0 atom stereocenters. The van der Waals surface area contributed by atoms with Gasteiger partial charge in [-0.05, 0) is 30.3 Å². The number of nitrogens with zero attached hydrogens (tertiary/aromatic N) is 2. The largest absolute Gasteiger partial charge is 0.311 e. The maximum atomic E-state index is 12.3. The average molecular weight is 530 g/mol. The Morgan fingerprint density at radius 1 is 1.30 bits per heavy atom. The van der Waals surface area contributed by atoms with E-state index in [0.717, 1.165) is 15.7 Å². The number of carbonyl (C=O) groups excluding carboxylic acids is 1. The molecule has 4 nitrogen and oxygen atoms in total. The number of hydrogen-bond donors (Lipinski definition) is 1. The van der Waals surface area contributed by atoms with Crippen LogP contribution in [-0.2, 0) is 6.54 Å². The van der Waals surface area contributed by atoms with Crippen LogP contribution in [0.1, 0.15) is 10.4 Å². The highest BCUT2D eigenvalue weighted by Crippen LogP contribution is 2.23. The van der Waals surface area contributed by atoms with Gasteiger partial charge in [0.2, 0.25) is 4.80 Å². The molecule has 1 aromatic heterocycles. The molecule has 0 aliphatic rings. The van der Waals surface area contributed by atoms with Gasteiger partial charge in [-0.25, -0.2) is 5.43 Å². The number of allylic oxidation sites excluding steroid dienone is 1. The van der Waals surface area contributed by atoms with Gasteiger partial charge in [0.05, 0.1) is 5.69 Å². The number of nitrogens with one attached hydrogen (secondary N) is 1. The predicted molar refractivity (Wildman–Crippen MR) is 120 cm³/mol. The average Bonchev–Trinajstić information content (AvgIpc) is 3.03. The van der Waals surface area contributed by atoms with Crippen LogP contribution in [0.25, 0.3) is 11.3 Å². The van der Waals surface area contributed by atoms with Crippen molar-refractivity contribution in [2.75, 3.05) is 0 Å². The molecule has 0 saturated carbocycles. The molecule has 3 rings (SSSR count). The molecule has 0 radical (unpaired) electrons. The van der Waals surface area contributed by atoms with Crippen LogP contribution in [0.5, 0.6) is 0 Å². The van der Waals surface area contributed by atoms with E-state index in [-0.39, 0.29) is 22.9 Å². The molecule has 1 N–H and O–H groups in total. The molecule has 140 valence electrons. The van der Waals surface area contributed by atoms with Crippen molar-refractivity contribution in [3.8, 4) is 11.3 Å². The first kappa shape index (κ1) is 21.6. The first-order chi connectivity index (χ1) is 12.6. The van der Waals surface area contributed by atoms with Crippen molar-refractivity contribution < 1.29 is 4.79 Å². The normalized spacial score (nSPS) is 11.0. The topological polar surface area (TPSA) is 46.4 Å². The van der Waals surface area contributed by atoms with E-state index in [1.54, 1.807) is 30.3 Å². The number of halogens is 3. The molecular formula is C19H16Br2ClN3OS. The third-order valence-electron chi connectivity index (χ3n) is 3.57. The number of thiazole rings is 1. The fraction of sp³-hybridized carbons (Fsp3) is 0.0526. The van der Waals surface area contributed by atoms with Gasteiger partial charge in [0.15, 0.2) is 0 Å². The van der Waals surface area contributed by atoms with E-state index in [1.165, 1.54) is 11.3 Å². The van der Waals surface area contributed by atoms with Crippen molar-refractivity contribution in [2.45, 2.75) is 6.54 Å². The molecule has 8 heteroatoms. The molecule has 2 aromatic carbocycles. The predicted octanol–water partition coefficient (Wildman–Crippen LogP) is 5.64. The molecule has 0 aliphatic carbocycles. The maximum Gasteiger partial charge on any atom is 0.271 e. The van der Waals surface area contributed by atoms with Crippen LogP contribution in [0, 0.1) is 0 Å². The zero-order chi connectivity index (χ0) is 18.5. The Hall–Kier alpha value is -1.67. The molecule has 1 heterocycles. The number of benzene rings is 2. The van der Waals surface area contributed by atoms with Crippen molar-refractivity contribution in [3.63, 3.8) is 0 Å². The third-order valence-corrected chi connectivity index (χ3v) is 5.16. The van der Waals surface area contributed by atoms with Crippen LogP contribution >= 0.6 is 55.8 Å². The van der Waals surface area contributed by atoms with Crippen LogP contribution in [0.3, 0.4) is 0 Å². The summed E-state index contributed by atoms with van der Waals surface area (Å²) >= 11 is 10.9. The molecule has 0 aliphatic heterocycles.